The highest BCUT2D eigenvalue weighted by molar-refractivity contribution is 7.98. The molecular weight excluding hydrogens is 203 g/mol. The highest BCUT2D eigenvalue weighted by Gasteiger charge is 2.09. The molecule has 1 rings (SSSR count). The van der Waals surface area contributed by atoms with Gasteiger partial charge in [-0.25, -0.2) is 4.39 Å². The van der Waals surface area contributed by atoms with Gasteiger partial charge in [-0.05, 0) is 12.3 Å². The van der Waals surface area contributed by atoms with Gasteiger partial charge in [-0.15, -0.1) is 0 Å². The standard InChI is InChI=1S/C9H11FN2OS/c1-14-5-4-12-9(13)7-2-3-11-6-8(7)10/h2-3,6H,4-5H2,1H3,(H,12,13). The summed E-state index contributed by atoms with van der Waals surface area (Å²) in [6.45, 7) is 0.543. The molecule has 1 heterocycles. The quantitative estimate of drug-likeness (QED) is 0.768. The van der Waals surface area contributed by atoms with Gasteiger partial charge in [0.1, 0.15) is 0 Å². The minimum Gasteiger partial charge on any atom is -0.351 e. The fourth-order valence-corrected chi connectivity index (χ4v) is 1.23. The van der Waals surface area contributed by atoms with Gasteiger partial charge < -0.3 is 5.32 Å². The highest BCUT2D eigenvalue weighted by atomic mass is 32.2. The maximum absolute atomic E-state index is 13.0. The summed E-state index contributed by atoms with van der Waals surface area (Å²) in [6.07, 6.45) is 4.37. The maximum Gasteiger partial charge on any atom is 0.254 e. The van der Waals surface area contributed by atoms with Crippen LogP contribution < -0.4 is 5.32 Å². The molecule has 14 heavy (non-hydrogen) atoms. The number of rotatable bonds is 4. The first kappa shape index (κ1) is 11.0. The third-order valence-corrected chi connectivity index (χ3v) is 2.22. The molecule has 0 spiro atoms. The lowest BCUT2D eigenvalue weighted by Gasteiger charge is -2.03. The predicted octanol–water partition coefficient (Wildman–Crippen LogP) is 1.31. The Kier molecular flexibility index (Phi) is 4.39. The Balaban J connectivity index is 2.56. The predicted molar refractivity (Wildman–Crippen MR) is 54.9 cm³/mol. The van der Waals surface area contributed by atoms with Gasteiger partial charge in [0.05, 0.1) is 11.8 Å². The Bertz CT molecular complexity index is 319. The molecule has 0 saturated carbocycles. The largest absolute Gasteiger partial charge is 0.351 e. The number of hydrogen-bond donors (Lipinski definition) is 1. The summed E-state index contributed by atoms with van der Waals surface area (Å²) < 4.78 is 13.0. The number of halogens is 1. The molecule has 3 nitrogen and oxygen atoms in total. The van der Waals surface area contributed by atoms with E-state index in [-0.39, 0.29) is 11.5 Å². The number of thioether (sulfide) groups is 1. The average molecular weight is 214 g/mol. The van der Waals surface area contributed by atoms with Crippen molar-refractivity contribution in [1.29, 1.82) is 0 Å². The number of carbonyl (C=O) groups excluding carboxylic acids is 1. The van der Waals surface area contributed by atoms with Crippen LogP contribution in [0.5, 0.6) is 0 Å². The number of amides is 1. The van der Waals surface area contributed by atoms with Gasteiger partial charge in [-0.1, -0.05) is 0 Å². The fraction of sp³-hybridized carbons (Fsp3) is 0.333. The van der Waals surface area contributed by atoms with Crippen LogP contribution in [0.4, 0.5) is 4.39 Å². The summed E-state index contributed by atoms with van der Waals surface area (Å²) in [7, 11) is 0. The third-order valence-electron chi connectivity index (χ3n) is 1.61. The van der Waals surface area contributed by atoms with E-state index in [1.807, 2.05) is 6.26 Å². The maximum atomic E-state index is 13.0. The summed E-state index contributed by atoms with van der Waals surface area (Å²) in [4.78, 5) is 14.9. The number of nitrogens with one attached hydrogen (secondary N) is 1. The molecule has 0 aliphatic rings. The van der Waals surface area contributed by atoms with Crippen molar-refractivity contribution in [2.24, 2.45) is 0 Å². The monoisotopic (exact) mass is 214 g/mol. The number of nitrogens with zero attached hydrogens (tertiary/aromatic N) is 1. The molecule has 1 N–H and O–H groups in total. The molecule has 0 radical (unpaired) electrons. The summed E-state index contributed by atoms with van der Waals surface area (Å²) >= 11 is 1.62. The van der Waals surface area contributed by atoms with Gasteiger partial charge in [0.15, 0.2) is 5.82 Å². The lowest BCUT2D eigenvalue weighted by molar-refractivity contribution is 0.0952. The molecule has 1 aromatic rings. The van der Waals surface area contributed by atoms with Crippen molar-refractivity contribution in [3.8, 4) is 0 Å². The molecule has 1 aromatic heterocycles. The molecule has 0 atom stereocenters. The van der Waals surface area contributed by atoms with E-state index in [4.69, 9.17) is 0 Å². The lowest BCUT2D eigenvalue weighted by Crippen LogP contribution is -2.26. The minimum atomic E-state index is -0.589. The van der Waals surface area contributed by atoms with Crippen molar-refractivity contribution < 1.29 is 9.18 Å². The van der Waals surface area contributed by atoms with E-state index >= 15 is 0 Å². The molecule has 0 unspecified atom stereocenters. The molecular formula is C9H11FN2OS. The Hall–Kier alpha value is -1.10. The Labute approximate surface area is 86.1 Å². The van der Waals surface area contributed by atoms with Crippen LogP contribution in [-0.4, -0.2) is 29.4 Å². The lowest BCUT2D eigenvalue weighted by atomic mass is 10.2. The summed E-state index contributed by atoms with van der Waals surface area (Å²) in [6, 6.07) is 1.36. The molecule has 0 bridgehead atoms. The van der Waals surface area contributed by atoms with E-state index in [2.05, 4.69) is 10.3 Å². The van der Waals surface area contributed by atoms with Crippen LogP contribution in [-0.2, 0) is 0 Å². The van der Waals surface area contributed by atoms with Crippen LogP contribution in [0.25, 0.3) is 0 Å². The Morgan fingerprint density at radius 1 is 1.71 bits per heavy atom. The van der Waals surface area contributed by atoms with Gasteiger partial charge in [-0.2, -0.15) is 11.8 Å². The number of aromatic nitrogens is 1. The van der Waals surface area contributed by atoms with Crippen molar-refractivity contribution in [2.45, 2.75) is 0 Å². The zero-order valence-corrected chi connectivity index (χ0v) is 8.60. The zero-order chi connectivity index (χ0) is 10.4. The van der Waals surface area contributed by atoms with Crippen LogP contribution in [0.3, 0.4) is 0 Å². The van der Waals surface area contributed by atoms with Gasteiger partial charge in [-0.3, -0.25) is 9.78 Å². The Morgan fingerprint density at radius 2 is 2.50 bits per heavy atom. The second-order valence-electron chi connectivity index (χ2n) is 2.60. The molecule has 0 saturated heterocycles. The molecule has 0 aliphatic carbocycles. The van der Waals surface area contributed by atoms with Crippen LogP contribution in [0.1, 0.15) is 10.4 Å². The summed E-state index contributed by atoms with van der Waals surface area (Å²) in [5, 5.41) is 2.61. The van der Waals surface area contributed by atoms with E-state index in [0.29, 0.717) is 6.54 Å². The molecule has 0 fully saturated rings. The first-order valence-corrected chi connectivity index (χ1v) is 5.51. The summed E-state index contributed by atoms with van der Waals surface area (Å²) in [5.41, 5.74) is 0.0427. The van der Waals surface area contributed by atoms with Crippen molar-refractivity contribution in [3.05, 3.63) is 29.8 Å². The second kappa shape index (κ2) is 5.59. The van der Waals surface area contributed by atoms with E-state index in [1.54, 1.807) is 11.8 Å². The molecule has 1 amide bonds. The minimum absolute atomic E-state index is 0.0427. The van der Waals surface area contributed by atoms with E-state index in [1.165, 1.54) is 12.3 Å². The SMILES string of the molecule is CSCCNC(=O)c1ccncc1F. The van der Waals surface area contributed by atoms with Crippen LogP contribution in [0, 0.1) is 5.82 Å². The first-order valence-electron chi connectivity index (χ1n) is 4.12. The molecule has 0 aliphatic heterocycles. The fourth-order valence-electron chi connectivity index (χ4n) is 0.921. The van der Waals surface area contributed by atoms with Crippen molar-refractivity contribution in [1.82, 2.24) is 10.3 Å². The van der Waals surface area contributed by atoms with Crippen LogP contribution in [0.15, 0.2) is 18.5 Å². The van der Waals surface area contributed by atoms with E-state index in [9.17, 15) is 9.18 Å². The normalized spacial score (nSPS) is 9.86. The van der Waals surface area contributed by atoms with Crippen molar-refractivity contribution in [2.75, 3.05) is 18.6 Å². The highest BCUT2D eigenvalue weighted by Crippen LogP contribution is 2.03. The number of carbonyl (C=O) groups is 1. The van der Waals surface area contributed by atoms with Crippen molar-refractivity contribution in [3.63, 3.8) is 0 Å². The van der Waals surface area contributed by atoms with Gasteiger partial charge in [0.2, 0.25) is 0 Å². The van der Waals surface area contributed by atoms with Crippen LogP contribution in [0.2, 0.25) is 0 Å². The summed E-state index contributed by atoms with van der Waals surface area (Å²) in [5.74, 6) is -0.161. The smallest absolute Gasteiger partial charge is 0.254 e. The topological polar surface area (TPSA) is 42.0 Å². The molecule has 76 valence electrons. The van der Waals surface area contributed by atoms with E-state index in [0.717, 1.165) is 11.9 Å². The van der Waals surface area contributed by atoms with E-state index < -0.39 is 5.82 Å². The first-order chi connectivity index (χ1) is 6.75. The van der Waals surface area contributed by atoms with Gasteiger partial charge >= 0.3 is 0 Å². The Morgan fingerprint density at radius 3 is 3.14 bits per heavy atom. The second-order valence-corrected chi connectivity index (χ2v) is 3.59. The van der Waals surface area contributed by atoms with Gasteiger partial charge in [0, 0.05) is 18.5 Å². The molecule has 0 aromatic carbocycles. The number of hydrogen-bond acceptors (Lipinski definition) is 3. The van der Waals surface area contributed by atoms with Crippen LogP contribution >= 0.6 is 11.8 Å². The van der Waals surface area contributed by atoms with Gasteiger partial charge in [0.25, 0.3) is 5.91 Å². The average Bonchev–Trinajstić information content (AvgIpc) is 2.18. The van der Waals surface area contributed by atoms with Crippen molar-refractivity contribution >= 4 is 17.7 Å². The molecule has 5 heteroatoms. The third kappa shape index (κ3) is 2.99. The number of pyridine rings is 1. The zero-order valence-electron chi connectivity index (χ0n) is 7.79.